The van der Waals surface area contributed by atoms with E-state index in [1.807, 2.05) is 0 Å². The first-order valence-electron chi connectivity index (χ1n) is 7.06. The molecule has 0 spiro atoms. The molecule has 1 saturated carbocycles. The molecular weight excluding hydrogens is 257 g/mol. The van der Waals surface area contributed by atoms with Crippen molar-refractivity contribution in [3.05, 3.63) is 23.6 Å². The van der Waals surface area contributed by atoms with Crippen molar-refractivity contribution in [3.63, 3.8) is 0 Å². The Morgan fingerprint density at radius 3 is 2.65 bits per heavy atom. The van der Waals surface area contributed by atoms with Gasteiger partial charge in [-0.15, -0.1) is 0 Å². The van der Waals surface area contributed by atoms with E-state index in [0.29, 0.717) is 5.41 Å². The monoisotopic (exact) mass is 279 g/mol. The van der Waals surface area contributed by atoms with Crippen LogP contribution in [0.5, 0.6) is 0 Å². The van der Waals surface area contributed by atoms with Crippen molar-refractivity contribution in [2.75, 3.05) is 12.4 Å². The summed E-state index contributed by atoms with van der Waals surface area (Å²) >= 11 is 0. The third-order valence-corrected chi connectivity index (χ3v) is 4.05. The highest BCUT2D eigenvalue weighted by Crippen LogP contribution is 2.35. The lowest BCUT2D eigenvalue weighted by Gasteiger charge is -2.34. The van der Waals surface area contributed by atoms with Gasteiger partial charge >= 0.3 is 0 Å². The zero-order valence-corrected chi connectivity index (χ0v) is 12.3. The van der Waals surface area contributed by atoms with Gasteiger partial charge in [-0.1, -0.05) is 13.8 Å². The second kappa shape index (κ2) is 5.77. The Labute approximate surface area is 119 Å². The summed E-state index contributed by atoms with van der Waals surface area (Å²) in [6, 6.07) is 1.55. The van der Waals surface area contributed by atoms with E-state index in [2.05, 4.69) is 29.5 Å². The van der Waals surface area contributed by atoms with Gasteiger partial charge in [0.2, 0.25) is 0 Å². The van der Waals surface area contributed by atoms with Gasteiger partial charge in [-0.3, -0.25) is 4.79 Å². The van der Waals surface area contributed by atoms with Crippen LogP contribution < -0.4 is 10.6 Å². The highest BCUT2D eigenvalue weighted by Gasteiger charge is 2.28. The van der Waals surface area contributed by atoms with Gasteiger partial charge in [0.15, 0.2) is 11.6 Å². The highest BCUT2D eigenvalue weighted by atomic mass is 19.1. The summed E-state index contributed by atoms with van der Waals surface area (Å²) in [6.07, 6.45) is 5.50. The number of pyridine rings is 1. The third-order valence-electron chi connectivity index (χ3n) is 4.05. The number of hydrogen-bond acceptors (Lipinski definition) is 3. The van der Waals surface area contributed by atoms with Crippen LogP contribution in [0.3, 0.4) is 0 Å². The quantitative estimate of drug-likeness (QED) is 0.894. The summed E-state index contributed by atoms with van der Waals surface area (Å²) in [6.45, 7) is 4.49. The average molecular weight is 279 g/mol. The first-order chi connectivity index (χ1) is 9.43. The van der Waals surface area contributed by atoms with Gasteiger partial charge in [-0.05, 0) is 37.2 Å². The van der Waals surface area contributed by atoms with Crippen LogP contribution in [-0.2, 0) is 0 Å². The minimum absolute atomic E-state index is 0.0502. The SMILES string of the molecule is CNc1nccc(C(=O)NC2CCC(C)(C)CC2)c1F. The molecule has 1 fully saturated rings. The second-order valence-corrected chi connectivity index (χ2v) is 6.18. The maximum Gasteiger partial charge on any atom is 0.254 e. The van der Waals surface area contributed by atoms with Crippen molar-refractivity contribution in [1.82, 2.24) is 10.3 Å². The number of carbonyl (C=O) groups excluding carboxylic acids is 1. The van der Waals surface area contributed by atoms with Crippen molar-refractivity contribution in [1.29, 1.82) is 0 Å². The Morgan fingerprint density at radius 1 is 1.40 bits per heavy atom. The Morgan fingerprint density at radius 2 is 2.05 bits per heavy atom. The number of carbonyl (C=O) groups is 1. The lowest BCUT2D eigenvalue weighted by molar-refractivity contribution is 0.0905. The van der Waals surface area contributed by atoms with Crippen LogP contribution in [0.15, 0.2) is 12.3 Å². The first-order valence-corrected chi connectivity index (χ1v) is 7.06. The largest absolute Gasteiger partial charge is 0.371 e. The van der Waals surface area contributed by atoms with E-state index in [0.717, 1.165) is 25.7 Å². The molecule has 0 unspecified atom stereocenters. The van der Waals surface area contributed by atoms with Crippen LogP contribution in [-0.4, -0.2) is 24.0 Å². The summed E-state index contributed by atoms with van der Waals surface area (Å²) < 4.78 is 14.0. The predicted octanol–water partition coefficient (Wildman–Crippen LogP) is 2.96. The van der Waals surface area contributed by atoms with Crippen LogP contribution in [0.2, 0.25) is 0 Å². The molecule has 0 aromatic carbocycles. The van der Waals surface area contributed by atoms with Crippen molar-refractivity contribution in [3.8, 4) is 0 Å². The van der Waals surface area contributed by atoms with Gasteiger partial charge < -0.3 is 10.6 Å². The fourth-order valence-corrected chi connectivity index (χ4v) is 2.60. The van der Waals surface area contributed by atoms with Crippen molar-refractivity contribution >= 4 is 11.7 Å². The van der Waals surface area contributed by atoms with Crippen molar-refractivity contribution in [2.45, 2.75) is 45.6 Å². The summed E-state index contributed by atoms with van der Waals surface area (Å²) in [5, 5.41) is 5.57. The van der Waals surface area contributed by atoms with Crippen LogP contribution in [0, 0.1) is 11.2 Å². The van der Waals surface area contributed by atoms with E-state index in [4.69, 9.17) is 0 Å². The van der Waals surface area contributed by atoms with Gasteiger partial charge in [-0.2, -0.15) is 0 Å². The van der Waals surface area contributed by atoms with Crippen LogP contribution >= 0.6 is 0 Å². The molecule has 2 rings (SSSR count). The summed E-state index contributed by atoms with van der Waals surface area (Å²) in [5.74, 6) is -0.850. The van der Waals surface area contributed by atoms with E-state index in [1.54, 1.807) is 7.05 Å². The normalized spacial score (nSPS) is 18.6. The third kappa shape index (κ3) is 3.26. The van der Waals surface area contributed by atoms with Crippen LogP contribution in [0.4, 0.5) is 10.2 Å². The number of nitrogens with one attached hydrogen (secondary N) is 2. The fraction of sp³-hybridized carbons (Fsp3) is 0.600. The molecule has 0 bridgehead atoms. The Hall–Kier alpha value is -1.65. The van der Waals surface area contributed by atoms with Gasteiger partial charge in [0, 0.05) is 19.3 Å². The standard InChI is InChI=1S/C15H22FN3O/c1-15(2)7-4-10(5-8-15)19-14(20)11-6-9-18-13(17-3)12(11)16/h6,9-10H,4-5,7-8H2,1-3H3,(H,17,18)(H,19,20). The van der Waals surface area contributed by atoms with E-state index in [-0.39, 0.29) is 23.3 Å². The molecule has 20 heavy (non-hydrogen) atoms. The maximum absolute atomic E-state index is 14.0. The predicted molar refractivity (Wildman–Crippen MR) is 77.2 cm³/mol. The summed E-state index contributed by atoms with van der Waals surface area (Å²) in [7, 11) is 1.58. The number of amides is 1. The summed E-state index contributed by atoms with van der Waals surface area (Å²) in [5.41, 5.74) is 0.400. The molecule has 1 aromatic rings. The molecular formula is C15H22FN3O. The topological polar surface area (TPSA) is 54.0 Å². The number of halogens is 1. The molecule has 1 aliphatic carbocycles. The van der Waals surface area contributed by atoms with E-state index in [9.17, 15) is 9.18 Å². The fourth-order valence-electron chi connectivity index (χ4n) is 2.60. The lowest BCUT2D eigenvalue weighted by Crippen LogP contribution is -2.39. The zero-order valence-electron chi connectivity index (χ0n) is 12.3. The second-order valence-electron chi connectivity index (χ2n) is 6.18. The van der Waals surface area contributed by atoms with Crippen molar-refractivity contribution < 1.29 is 9.18 Å². The molecule has 0 atom stereocenters. The zero-order chi connectivity index (χ0) is 14.8. The molecule has 0 saturated heterocycles. The van der Waals surface area contributed by atoms with Gasteiger partial charge in [-0.25, -0.2) is 9.37 Å². The van der Waals surface area contributed by atoms with E-state index >= 15 is 0 Å². The first kappa shape index (κ1) is 14.8. The minimum atomic E-state index is -0.594. The van der Waals surface area contributed by atoms with Gasteiger partial charge in [0.25, 0.3) is 5.91 Å². The number of nitrogens with zero attached hydrogens (tertiary/aromatic N) is 1. The van der Waals surface area contributed by atoms with Crippen LogP contribution in [0.25, 0.3) is 0 Å². The van der Waals surface area contributed by atoms with Gasteiger partial charge in [0.1, 0.15) is 0 Å². The summed E-state index contributed by atoms with van der Waals surface area (Å²) in [4.78, 5) is 16.0. The molecule has 1 aromatic heterocycles. The van der Waals surface area contributed by atoms with Crippen molar-refractivity contribution in [2.24, 2.45) is 5.41 Å². The molecule has 4 nitrogen and oxygen atoms in total. The molecule has 0 radical (unpaired) electrons. The number of hydrogen-bond donors (Lipinski definition) is 2. The smallest absolute Gasteiger partial charge is 0.254 e. The number of rotatable bonds is 3. The van der Waals surface area contributed by atoms with Gasteiger partial charge in [0.05, 0.1) is 5.56 Å². The molecule has 0 aliphatic heterocycles. The molecule has 1 heterocycles. The average Bonchev–Trinajstić information content (AvgIpc) is 2.41. The Kier molecular flexibility index (Phi) is 4.26. The highest BCUT2D eigenvalue weighted by molar-refractivity contribution is 5.95. The minimum Gasteiger partial charge on any atom is -0.371 e. The molecule has 1 aliphatic rings. The molecule has 1 amide bonds. The lowest BCUT2D eigenvalue weighted by atomic mass is 9.75. The van der Waals surface area contributed by atoms with Crippen LogP contribution in [0.1, 0.15) is 49.9 Å². The molecule has 5 heteroatoms. The Balaban J connectivity index is 2.03. The van der Waals surface area contributed by atoms with E-state index in [1.165, 1.54) is 12.3 Å². The Bertz CT molecular complexity index is 492. The maximum atomic E-state index is 14.0. The molecule has 2 N–H and O–H groups in total. The molecule has 110 valence electrons. The van der Waals surface area contributed by atoms with E-state index < -0.39 is 5.82 Å². The number of anilines is 1. The number of aromatic nitrogens is 1.